The average Bonchev–Trinajstić information content (AvgIpc) is 2.94. The van der Waals surface area contributed by atoms with Crippen LogP contribution in [0.4, 0.5) is 0 Å². The molecular formula is C16H24N2O3. The maximum absolute atomic E-state index is 12.5. The molecule has 1 aliphatic rings. The van der Waals surface area contributed by atoms with E-state index in [1.807, 2.05) is 0 Å². The summed E-state index contributed by atoms with van der Waals surface area (Å²) >= 11 is 0. The second-order valence-corrected chi connectivity index (χ2v) is 5.49. The molecule has 0 aromatic heterocycles. The van der Waals surface area contributed by atoms with Gasteiger partial charge in [-0.25, -0.2) is 0 Å². The van der Waals surface area contributed by atoms with E-state index in [4.69, 9.17) is 4.74 Å². The van der Waals surface area contributed by atoms with Crippen LogP contribution in [0.25, 0.3) is 0 Å². The van der Waals surface area contributed by atoms with Crippen molar-refractivity contribution in [3.63, 3.8) is 0 Å². The van der Waals surface area contributed by atoms with Gasteiger partial charge in [0.2, 0.25) is 0 Å². The quantitative estimate of drug-likeness (QED) is 0.901. The number of ether oxygens (including phenoxy) is 1. The molecule has 0 radical (unpaired) electrons. The van der Waals surface area contributed by atoms with Crippen molar-refractivity contribution in [3.8, 4) is 11.5 Å². The summed E-state index contributed by atoms with van der Waals surface area (Å²) in [5.74, 6) is 0.390. The lowest BCUT2D eigenvalue weighted by Gasteiger charge is -2.28. The predicted molar refractivity (Wildman–Crippen MR) is 81.9 cm³/mol. The van der Waals surface area contributed by atoms with E-state index < -0.39 is 0 Å². The van der Waals surface area contributed by atoms with E-state index in [1.165, 1.54) is 12.5 Å². The van der Waals surface area contributed by atoms with Crippen LogP contribution >= 0.6 is 0 Å². The number of benzene rings is 1. The Morgan fingerprint density at radius 2 is 2.29 bits per heavy atom. The molecule has 5 nitrogen and oxygen atoms in total. The number of carbonyl (C=O) groups is 1. The molecule has 0 spiro atoms. The first-order chi connectivity index (χ1) is 10.1. The number of aromatic hydroxyl groups is 1. The molecule has 0 saturated carbocycles. The zero-order chi connectivity index (χ0) is 15.4. The first-order valence-corrected chi connectivity index (χ1v) is 7.43. The van der Waals surface area contributed by atoms with E-state index in [-0.39, 0.29) is 17.2 Å². The number of phenols is 1. The van der Waals surface area contributed by atoms with Crippen molar-refractivity contribution in [2.75, 3.05) is 33.8 Å². The number of rotatable bonds is 5. The number of likely N-dealkylation sites (tertiary alicyclic amines) is 1. The van der Waals surface area contributed by atoms with Crippen molar-refractivity contribution in [2.24, 2.45) is 0 Å². The smallest absolute Gasteiger partial charge is 0.257 e. The number of phenolic OH excluding ortho intramolecular Hbond substituents is 1. The third-order valence-electron chi connectivity index (χ3n) is 4.17. The number of hydrogen-bond donors (Lipinski definition) is 1. The van der Waals surface area contributed by atoms with E-state index in [2.05, 4.69) is 11.8 Å². The lowest BCUT2D eigenvalue weighted by Crippen LogP contribution is -2.41. The van der Waals surface area contributed by atoms with E-state index in [1.54, 1.807) is 31.2 Å². The zero-order valence-electron chi connectivity index (χ0n) is 13.0. The van der Waals surface area contributed by atoms with Gasteiger partial charge in [-0.1, -0.05) is 6.92 Å². The molecule has 2 rings (SSSR count). The molecular weight excluding hydrogens is 268 g/mol. The van der Waals surface area contributed by atoms with Crippen LogP contribution in [0.5, 0.6) is 11.5 Å². The number of hydrogen-bond acceptors (Lipinski definition) is 4. The highest BCUT2D eigenvalue weighted by Gasteiger charge is 2.26. The molecule has 1 aliphatic heterocycles. The predicted octanol–water partition coefficient (Wildman–Crippen LogP) is 1.96. The molecule has 116 valence electrons. The molecule has 1 N–H and O–H groups in total. The lowest BCUT2D eigenvalue weighted by atomic mass is 10.1. The molecule has 1 amide bonds. The zero-order valence-corrected chi connectivity index (χ0v) is 13.0. The Morgan fingerprint density at radius 1 is 1.52 bits per heavy atom. The van der Waals surface area contributed by atoms with Crippen LogP contribution in [0.15, 0.2) is 18.2 Å². The fourth-order valence-corrected chi connectivity index (χ4v) is 2.94. The molecule has 5 heteroatoms. The van der Waals surface area contributed by atoms with Crippen LogP contribution in [0.1, 0.15) is 30.1 Å². The average molecular weight is 292 g/mol. The highest BCUT2D eigenvalue weighted by molar-refractivity contribution is 5.97. The molecule has 0 aliphatic carbocycles. The molecule has 21 heavy (non-hydrogen) atoms. The summed E-state index contributed by atoms with van der Waals surface area (Å²) in [5, 5.41) is 9.90. The standard InChI is InChI=1S/C16H24N2O3/c1-4-18-9-5-6-12(18)11-17(2)16(20)14-10-13(21-3)7-8-15(14)19/h7-8,10,12,19H,4-6,9,11H2,1-3H3. The monoisotopic (exact) mass is 292 g/mol. The highest BCUT2D eigenvalue weighted by Crippen LogP contribution is 2.25. The molecule has 1 aromatic rings. The van der Waals surface area contributed by atoms with Crippen LogP contribution in [0, 0.1) is 0 Å². The Kier molecular flexibility index (Phi) is 5.07. The third-order valence-corrected chi connectivity index (χ3v) is 4.17. The minimum absolute atomic E-state index is 0.00794. The Bertz CT molecular complexity index is 504. The van der Waals surface area contributed by atoms with E-state index in [0.717, 1.165) is 19.5 Å². The molecule has 1 aromatic carbocycles. The normalized spacial score (nSPS) is 18.7. The number of likely N-dealkylation sites (N-methyl/N-ethyl adjacent to an activating group) is 2. The van der Waals surface area contributed by atoms with Gasteiger partial charge in [-0.3, -0.25) is 9.69 Å². The van der Waals surface area contributed by atoms with E-state index in [9.17, 15) is 9.90 Å². The van der Waals surface area contributed by atoms with Gasteiger partial charge < -0.3 is 14.7 Å². The van der Waals surface area contributed by atoms with Crippen LogP contribution in [-0.4, -0.2) is 60.6 Å². The summed E-state index contributed by atoms with van der Waals surface area (Å²) in [6.45, 7) is 4.95. The second kappa shape index (κ2) is 6.80. The van der Waals surface area contributed by atoms with Gasteiger partial charge in [-0.15, -0.1) is 0 Å². The van der Waals surface area contributed by atoms with Crippen LogP contribution in [0.3, 0.4) is 0 Å². The largest absolute Gasteiger partial charge is 0.507 e. The molecule has 1 atom stereocenters. The van der Waals surface area contributed by atoms with Gasteiger partial charge in [0.05, 0.1) is 12.7 Å². The number of carbonyl (C=O) groups excluding carboxylic acids is 1. The Morgan fingerprint density at radius 3 is 2.95 bits per heavy atom. The number of amides is 1. The maximum Gasteiger partial charge on any atom is 0.257 e. The summed E-state index contributed by atoms with van der Waals surface area (Å²) in [5.41, 5.74) is 0.290. The minimum Gasteiger partial charge on any atom is -0.507 e. The summed E-state index contributed by atoms with van der Waals surface area (Å²) in [4.78, 5) is 16.6. The molecule has 1 saturated heterocycles. The molecule has 1 unspecified atom stereocenters. The fraction of sp³-hybridized carbons (Fsp3) is 0.562. The van der Waals surface area contributed by atoms with Gasteiger partial charge in [-0.2, -0.15) is 0 Å². The van der Waals surface area contributed by atoms with Gasteiger partial charge in [0.15, 0.2) is 0 Å². The van der Waals surface area contributed by atoms with Crippen molar-refractivity contribution < 1.29 is 14.6 Å². The van der Waals surface area contributed by atoms with E-state index >= 15 is 0 Å². The van der Waals surface area contributed by atoms with Crippen LogP contribution in [0.2, 0.25) is 0 Å². The van der Waals surface area contributed by atoms with Gasteiger partial charge in [-0.05, 0) is 44.1 Å². The van der Waals surface area contributed by atoms with Gasteiger partial charge in [0, 0.05) is 19.6 Å². The first-order valence-electron chi connectivity index (χ1n) is 7.43. The van der Waals surface area contributed by atoms with E-state index in [0.29, 0.717) is 18.3 Å². The van der Waals surface area contributed by atoms with Crippen molar-refractivity contribution in [1.82, 2.24) is 9.80 Å². The summed E-state index contributed by atoms with van der Waals surface area (Å²) in [6.07, 6.45) is 2.31. The molecule has 1 heterocycles. The first kappa shape index (κ1) is 15.6. The second-order valence-electron chi connectivity index (χ2n) is 5.49. The highest BCUT2D eigenvalue weighted by atomic mass is 16.5. The number of nitrogens with zero attached hydrogens (tertiary/aromatic N) is 2. The summed E-state index contributed by atoms with van der Waals surface area (Å²) < 4.78 is 5.12. The van der Waals surface area contributed by atoms with Crippen molar-refractivity contribution in [3.05, 3.63) is 23.8 Å². The fourth-order valence-electron chi connectivity index (χ4n) is 2.94. The van der Waals surface area contributed by atoms with Crippen LogP contribution in [-0.2, 0) is 0 Å². The Hall–Kier alpha value is -1.75. The topological polar surface area (TPSA) is 53.0 Å². The van der Waals surface area contributed by atoms with Gasteiger partial charge in [0.1, 0.15) is 11.5 Å². The number of methoxy groups -OCH3 is 1. The van der Waals surface area contributed by atoms with Gasteiger partial charge >= 0.3 is 0 Å². The third kappa shape index (κ3) is 3.47. The van der Waals surface area contributed by atoms with Crippen molar-refractivity contribution in [1.29, 1.82) is 0 Å². The minimum atomic E-state index is -0.172. The maximum atomic E-state index is 12.5. The van der Waals surface area contributed by atoms with Gasteiger partial charge in [0.25, 0.3) is 5.91 Å². The summed E-state index contributed by atoms with van der Waals surface area (Å²) in [6, 6.07) is 5.13. The molecule has 0 bridgehead atoms. The Labute approximate surface area is 126 Å². The van der Waals surface area contributed by atoms with Crippen molar-refractivity contribution >= 4 is 5.91 Å². The van der Waals surface area contributed by atoms with Crippen molar-refractivity contribution in [2.45, 2.75) is 25.8 Å². The lowest BCUT2D eigenvalue weighted by molar-refractivity contribution is 0.0751. The molecule has 1 fully saturated rings. The van der Waals surface area contributed by atoms with Crippen LogP contribution < -0.4 is 4.74 Å². The SMILES string of the molecule is CCN1CCCC1CN(C)C(=O)c1cc(OC)ccc1O. The Balaban J connectivity index is 2.08. The summed E-state index contributed by atoms with van der Waals surface area (Å²) in [7, 11) is 3.33.